The van der Waals surface area contributed by atoms with Crippen molar-refractivity contribution in [2.45, 2.75) is 53.4 Å². The summed E-state index contributed by atoms with van der Waals surface area (Å²) in [6.45, 7) is 11.2. The van der Waals surface area contributed by atoms with Gasteiger partial charge in [0.15, 0.2) is 0 Å². The van der Waals surface area contributed by atoms with Crippen LogP contribution in [0.4, 0.5) is 0 Å². The maximum atomic E-state index is 3.44. The zero-order valence-electron chi connectivity index (χ0n) is 9.24. The lowest BCUT2D eigenvalue weighted by atomic mass is 9.83. The first kappa shape index (κ1) is 12.0. The summed E-state index contributed by atoms with van der Waals surface area (Å²) >= 11 is 0. The second-order valence-electron chi connectivity index (χ2n) is 4.12. The lowest BCUT2D eigenvalue weighted by Gasteiger charge is -2.26. The molecule has 0 bridgehead atoms. The van der Waals surface area contributed by atoms with Crippen LogP contribution in [0.2, 0.25) is 0 Å². The summed E-state index contributed by atoms with van der Waals surface area (Å²) in [4.78, 5) is 0. The summed E-state index contributed by atoms with van der Waals surface area (Å²) < 4.78 is 0. The summed E-state index contributed by atoms with van der Waals surface area (Å²) in [5, 5.41) is 3.44. The van der Waals surface area contributed by atoms with Gasteiger partial charge in [-0.3, -0.25) is 0 Å². The Morgan fingerprint density at radius 3 is 2.25 bits per heavy atom. The molecule has 1 nitrogen and oxygen atoms in total. The fraction of sp³-hybridized carbons (Fsp3) is 1.00. The van der Waals surface area contributed by atoms with Crippen molar-refractivity contribution in [2.24, 2.45) is 5.41 Å². The molecular weight excluding hydrogens is 146 g/mol. The standard InChI is InChI=1S/C9H19N.C2H6/c1-9(2)5-3-4-7-10-8-6-9;1-2/h10H,3-8H2,1-2H3;1-2H3. The molecule has 1 aliphatic rings. The molecule has 0 saturated carbocycles. The highest BCUT2D eigenvalue weighted by Crippen LogP contribution is 2.27. The van der Waals surface area contributed by atoms with Gasteiger partial charge in [-0.05, 0) is 37.8 Å². The largest absolute Gasteiger partial charge is 0.317 e. The van der Waals surface area contributed by atoms with Crippen molar-refractivity contribution in [1.29, 1.82) is 0 Å². The molecule has 1 saturated heterocycles. The quantitative estimate of drug-likeness (QED) is 0.590. The first-order chi connectivity index (χ1) is 5.71. The van der Waals surface area contributed by atoms with E-state index in [2.05, 4.69) is 19.2 Å². The maximum Gasteiger partial charge on any atom is -0.00438 e. The van der Waals surface area contributed by atoms with E-state index in [0.717, 1.165) is 0 Å². The monoisotopic (exact) mass is 171 g/mol. The van der Waals surface area contributed by atoms with Gasteiger partial charge in [0.2, 0.25) is 0 Å². The number of nitrogens with one attached hydrogen (secondary N) is 1. The van der Waals surface area contributed by atoms with Crippen LogP contribution in [0.15, 0.2) is 0 Å². The van der Waals surface area contributed by atoms with Crippen LogP contribution in [-0.4, -0.2) is 13.1 Å². The highest BCUT2D eigenvalue weighted by atomic mass is 14.8. The Morgan fingerprint density at radius 2 is 1.58 bits per heavy atom. The van der Waals surface area contributed by atoms with E-state index >= 15 is 0 Å². The van der Waals surface area contributed by atoms with Gasteiger partial charge in [0, 0.05) is 0 Å². The molecule has 74 valence electrons. The number of hydrogen-bond donors (Lipinski definition) is 1. The van der Waals surface area contributed by atoms with E-state index in [0.29, 0.717) is 5.41 Å². The molecule has 1 aliphatic heterocycles. The van der Waals surface area contributed by atoms with Crippen molar-refractivity contribution in [3.63, 3.8) is 0 Å². The van der Waals surface area contributed by atoms with Crippen molar-refractivity contribution in [3.05, 3.63) is 0 Å². The number of rotatable bonds is 0. The molecule has 0 aromatic heterocycles. The molecule has 12 heavy (non-hydrogen) atoms. The average molecular weight is 171 g/mol. The first-order valence-electron chi connectivity index (χ1n) is 5.41. The molecule has 0 radical (unpaired) electrons. The van der Waals surface area contributed by atoms with Crippen molar-refractivity contribution in [2.75, 3.05) is 13.1 Å². The van der Waals surface area contributed by atoms with Gasteiger partial charge < -0.3 is 5.32 Å². The molecule has 0 unspecified atom stereocenters. The van der Waals surface area contributed by atoms with E-state index in [1.54, 1.807) is 0 Å². The van der Waals surface area contributed by atoms with E-state index in [-0.39, 0.29) is 0 Å². The third-order valence-electron chi connectivity index (χ3n) is 2.44. The zero-order chi connectivity index (χ0) is 9.45. The summed E-state index contributed by atoms with van der Waals surface area (Å²) in [5.41, 5.74) is 0.591. The molecule has 1 rings (SSSR count). The van der Waals surface area contributed by atoms with Gasteiger partial charge in [0.05, 0.1) is 0 Å². The van der Waals surface area contributed by atoms with E-state index in [1.165, 1.54) is 38.8 Å². The van der Waals surface area contributed by atoms with Gasteiger partial charge in [-0.1, -0.05) is 34.1 Å². The van der Waals surface area contributed by atoms with Crippen LogP contribution in [0.25, 0.3) is 0 Å². The van der Waals surface area contributed by atoms with E-state index in [4.69, 9.17) is 0 Å². The minimum Gasteiger partial charge on any atom is -0.317 e. The van der Waals surface area contributed by atoms with Crippen LogP contribution in [0.5, 0.6) is 0 Å². The Labute approximate surface area is 77.9 Å². The summed E-state index contributed by atoms with van der Waals surface area (Å²) in [7, 11) is 0. The van der Waals surface area contributed by atoms with Gasteiger partial charge >= 0.3 is 0 Å². The normalized spacial score (nSPS) is 23.0. The van der Waals surface area contributed by atoms with Crippen LogP contribution in [0.3, 0.4) is 0 Å². The summed E-state index contributed by atoms with van der Waals surface area (Å²) in [5.74, 6) is 0. The minimum atomic E-state index is 0.591. The van der Waals surface area contributed by atoms with E-state index in [1.807, 2.05) is 13.8 Å². The summed E-state index contributed by atoms with van der Waals surface area (Å²) in [6.07, 6.45) is 5.52. The Balaban J connectivity index is 0.000000561. The third kappa shape index (κ3) is 5.59. The Kier molecular flexibility index (Phi) is 6.45. The second-order valence-corrected chi connectivity index (χ2v) is 4.12. The SMILES string of the molecule is CC.CC1(C)CCCCNCC1. The van der Waals surface area contributed by atoms with Crippen molar-refractivity contribution >= 4 is 0 Å². The molecule has 0 atom stereocenters. The molecule has 0 aromatic rings. The topological polar surface area (TPSA) is 12.0 Å². The van der Waals surface area contributed by atoms with E-state index in [9.17, 15) is 0 Å². The Morgan fingerprint density at radius 1 is 0.917 bits per heavy atom. The molecule has 0 aliphatic carbocycles. The Hall–Kier alpha value is -0.0400. The highest BCUT2D eigenvalue weighted by molar-refractivity contribution is 4.72. The lowest BCUT2D eigenvalue weighted by molar-refractivity contribution is 0.275. The summed E-state index contributed by atoms with van der Waals surface area (Å²) in [6, 6.07) is 0. The third-order valence-corrected chi connectivity index (χ3v) is 2.44. The van der Waals surface area contributed by atoms with Crippen molar-refractivity contribution in [3.8, 4) is 0 Å². The molecular formula is C11H25N. The van der Waals surface area contributed by atoms with Gasteiger partial charge in [0.1, 0.15) is 0 Å². The molecule has 1 fully saturated rings. The lowest BCUT2D eigenvalue weighted by Crippen LogP contribution is -2.26. The zero-order valence-corrected chi connectivity index (χ0v) is 9.24. The molecule has 1 heterocycles. The van der Waals surface area contributed by atoms with Crippen molar-refractivity contribution < 1.29 is 0 Å². The molecule has 1 heteroatoms. The molecule has 0 aromatic carbocycles. The average Bonchev–Trinajstić information content (AvgIpc) is 2.03. The van der Waals surface area contributed by atoms with Crippen molar-refractivity contribution in [1.82, 2.24) is 5.32 Å². The molecule has 0 amide bonds. The highest BCUT2D eigenvalue weighted by Gasteiger charge is 2.17. The molecule has 0 spiro atoms. The number of hydrogen-bond acceptors (Lipinski definition) is 1. The van der Waals surface area contributed by atoms with Crippen LogP contribution in [-0.2, 0) is 0 Å². The Bertz CT molecular complexity index is 87.2. The predicted octanol–water partition coefficient (Wildman–Crippen LogP) is 3.20. The predicted molar refractivity (Wildman–Crippen MR) is 56.5 cm³/mol. The van der Waals surface area contributed by atoms with Gasteiger partial charge in [0.25, 0.3) is 0 Å². The van der Waals surface area contributed by atoms with Crippen LogP contribution in [0.1, 0.15) is 53.4 Å². The van der Waals surface area contributed by atoms with Gasteiger partial charge in [-0.2, -0.15) is 0 Å². The fourth-order valence-corrected chi connectivity index (χ4v) is 1.53. The fourth-order valence-electron chi connectivity index (χ4n) is 1.53. The smallest absolute Gasteiger partial charge is 0.00438 e. The second kappa shape index (κ2) is 6.47. The van der Waals surface area contributed by atoms with Crippen LogP contribution < -0.4 is 5.32 Å². The van der Waals surface area contributed by atoms with Gasteiger partial charge in [-0.25, -0.2) is 0 Å². The molecule has 1 N–H and O–H groups in total. The van der Waals surface area contributed by atoms with Gasteiger partial charge in [-0.15, -0.1) is 0 Å². The first-order valence-corrected chi connectivity index (χ1v) is 5.41. The van der Waals surface area contributed by atoms with Crippen LogP contribution in [0, 0.1) is 5.41 Å². The van der Waals surface area contributed by atoms with E-state index < -0.39 is 0 Å². The van der Waals surface area contributed by atoms with Crippen LogP contribution >= 0.6 is 0 Å². The maximum absolute atomic E-state index is 3.44. The minimum absolute atomic E-state index is 0.591.